The Balaban J connectivity index is 1.39. The fourth-order valence-corrected chi connectivity index (χ4v) is 7.90. The van der Waals surface area contributed by atoms with Crippen molar-refractivity contribution in [2.75, 3.05) is 57.4 Å². The lowest BCUT2D eigenvalue weighted by Crippen LogP contribution is -2.39. The van der Waals surface area contributed by atoms with Crippen molar-refractivity contribution < 1.29 is 17.9 Å². The predicted octanol–water partition coefficient (Wildman–Crippen LogP) is 4.46. The Morgan fingerprint density at radius 1 is 1.03 bits per heavy atom. The first kappa shape index (κ1) is 27.2. The zero-order valence-electron chi connectivity index (χ0n) is 22.2. The van der Waals surface area contributed by atoms with Crippen molar-refractivity contribution in [1.82, 2.24) is 14.2 Å². The number of anilines is 1. The van der Waals surface area contributed by atoms with Crippen LogP contribution in [0, 0.1) is 13.8 Å². The van der Waals surface area contributed by atoms with Gasteiger partial charge < -0.3 is 4.74 Å². The molecule has 0 atom stereocenters. The molecule has 204 valence electrons. The summed E-state index contributed by atoms with van der Waals surface area (Å²) in [5.41, 5.74) is 3.64. The molecule has 10 heteroatoms. The van der Waals surface area contributed by atoms with Gasteiger partial charge in [0.1, 0.15) is 0 Å². The molecule has 2 aliphatic heterocycles. The number of aromatic nitrogens is 1. The first-order valence-corrected chi connectivity index (χ1v) is 15.7. The number of aryl methyl sites for hydroxylation is 2. The molecule has 0 spiro atoms. The lowest BCUT2D eigenvalue weighted by atomic mass is 10.1. The number of piperidine rings is 1. The maximum absolute atomic E-state index is 13.8. The minimum Gasteiger partial charge on any atom is -0.379 e. The molecular formula is C28H36N4O4S2. The van der Waals surface area contributed by atoms with Gasteiger partial charge in [-0.2, -0.15) is 4.31 Å². The van der Waals surface area contributed by atoms with Gasteiger partial charge in [0, 0.05) is 44.8 Å². The summed E-state index contributed by atoms with van der Waals surface area (Å²) >= 11 is 1.53. The number of ether oxygens (including phenoxy) is 1. The molecule has 1 amide bonds. The molecule has 0 unspecified atom stereocenters. The summed E-state index contributed by atoms with van der Waals surface area (Å²) in [5, 5.41) is 0.672. The minimum absolute atomic E-state index is 0.165. The van der Waals surface area contributed by atoms with Gasteiger partial charge in [-0.05, 0) is 74.6 Å². The summed E-state index contributed by atoms with van der Waals surface area (Å²) in [7, 11) is -3.55. The quantitative estimate of drug-likeness (QED) is 0.408. The Hall–Kier alpha value is -2.37. The van der Waals surface area contributed by atoms with Crippen molar-refractivity contribution in [2.24, 2.45) is 0 Å². The number of carbonyl (C=O) groups is 1. The smallest absolute Gasteiger partial charge is 0.260 e. The van der Waals surface area contributed by atoms with Crippen LogP contribution in [0.3, 0.4) is 0 Å². The third-order valence-corrected chi connectivity index (χ3v) is 10.2. The van der Waals surface area contributed by atoms with Crippen molar-refractivity contribution in [3.05, 3.63) is 53.1 Å². The van der Waals surface area contributed by atoms with Crippen LogP contribution < -0.4 is 4.90 Å². The summed E-state index contributed by atoms with van der Waals surface area (Å²) in [6, 6.07) is 10.6. The van der Waals surface area contributed by atoms with Gasteiger partial charge in [0.2, 0.25) is 10.0 Å². The number of amides is 1. The molecule has 1 aromatic heterocycles. The van der Waals surface area contributed by atoms with Gasteiger partial charge in [0.05, 0.1) is 28.3 Å². The van der Waals surface area contributed by atoms with Crippen molar-refractivity contribution in [2.45, 2.75) is 44.4 Å². The molecule has 0 bridgehead atoms. The summed E-state index contributed by atoms with van der Waals surface area (Å²) in [6.45, 7) is 9.91. The fourth-order valence-electron chi connectivity index (χ4n) is 5.22. The predicted molar refractivity (Wildman–Crippen MR) is 152 cm³/mol. The maximum atomic E-state index is 13.8. The number of carbonyl (C=O) groups excluding carboxylic acids is 1. The SMILES string of the molecule is Cc1cc(C)c2nc(N(CCCN3CCOCC3)C(=O)c3ccc(S(=O)(=O)N4CCCCC4)cc3)sc2c1. The molecule has 2 aliphatic rings. The molecule has 0 radical (unpaired) electrons. The molecular weight excluding hydrogens is 520 g/mol. The van der Waals surface area contributed by atoms with E-state index in [2.05, 4.69) is 24.0 Å². The molecule has 8 nitrogen and oxygen atoms in total. The highest BCUT2D eigenvalue weighted by Crippen LogP contribution is 2.33. The third kappa shape index (κ3) is 5.94. The van der Waals surface area contributed by atoms with Crippen LogP contribution in [0.4, 0.5) is 5.13 Å². The number of hydrogen-bond acceptors (Lipinski definition) is 7. The first-order valence-electron chi connectivity index (χ1n) is 13.4. The van der Waals surface area contributed by atoms with Crippen molar-refractivity contribution in [3.63, 3.8) is 0 Å². The maximum Gasteiger partial charge on any atom is 0.260 e. The molecule has 0 N–H and O–H groups in total. The van der Waals surface area contributed by atoms with Crippen molar-refractivity contribution in [3.8, 4) is 0 Å². The Morgan fingerprint density at radius 2 is 1.74 bits per heavy atom. The van der Waals surface area contributed by atoms with Gasteiger partial charge in [-0.15, -0.1) is 0 Å². The standard InChI is InChI=1S/C28H36N4O4S2/c1-21-19-22(2)26-25(20-21)37-28(29-26)32(14-6-11-30-15-17-36-18-16-30)27(33)23-7-9-24(10-8-23)38(34,35)31-12-4-3-5-13-31/h7-10,19-20H,3-6,11-18H2,1-2H3. The molecule has 5 rings (SSSR count). The Labute approximate surface area is 229 Å². The van der Waals surface area contributed by atoms with E-state index in [1.807, 2.05) is 6.92 Å². The Kier molecular flexibility index (Phi) is 8.44. The molecule has 2 aromatic carbocycles. The molecule has 2 fully saturated rings. The highest BCUT2D eigenvalue weighted by Gasteiger charge is 2.27. The Morgan fingerprint density at radius 3 is 2.45 bits per heavy atom. The number of benzene rings is 2. The number of nitrogens with zero attached hydrogens (tertiary/aromatic N) is 4. The normalized spacial score (nSPS) is 17.6. The van der Waals surface area contributed by atoms with Gasteiger partial charge in [-0.25, -0.2) is 13.4 Å². The number of thiazole rings is 1. The monoisotopic (exact) mass is 556 g/mol. The van der Waals surface area contributed by atoms with E-state index >= 15 is 0 Å². The molecule has 0 aliphatic carbocycles. The summed E-state index contributed by atoms with van der Waals surface area (Å²) in [4.78, 5) is 23.0. The van der Waals surface area contributed by atoms with Gasteiger partial charge >= 0.3 is 0 Å². The summed E-state index contributed by atoms with van der Waals surface area (Å²) in [6.07, 6.45) is 3.64. The van der Waals surface area contributed by atoms with Gasteiger partial charge in [0.25, 0.3) is 5.91 Å². The van der Waals surface area contributed by atoms with Crippen molar-refractivity contribution in [1.29, 1.82) is 0 Å². The number of morpholine rings is 1. The second kappa shape index (κ2) is 11.8. The lowest BCUT2D eigenvalue weighted by Gasteiger charge is -2.28. The van der Waals surface area contributed by atoms with E-state index in [1.165, 1.54) is 16.9 Å². The van der Waals surface area contributed by atoms with Crippen LogP contribution in [0.25, 0.3) is 10.2 Å². The van der Waals surface area contributed by atoms with E-state index in [0.717, 1.165) is 74.3 Å². The number of rotatable bonds is 8. The summed E-state index contributed by atoms with van der Waals surface area (Å²) < 4.78 is 34.2. The first-order chi connectivity index (χ1) is 18.3. The van der Waals surface area contributed by atoms with E-state index in [1.54, 1.807) is 33.5 Å². The highest BCUT2D eigenvalue weighted by atomic mass is 32.2. The molecule has 0 saturated carbocycles. The molecule has 3 aromatic rings. The lowest BCUT2D eigenvalue weighted by molar-refractivity contribution is 0.0376. The van der Waals surface area contributed by atoms with E-state index in [0.29, 0.717) is 30.3 Å². The largest absolute Gasteiger partial charge is 0.379 e. The number of sulfonamides is 1. The van der Waals surface area contributed by atoms with Crippen LogP contribution in [-0.4, -0.2) is 81.0 Å². The van der Waals surface area contributed by atoms with E-state index in [9.17, 15) is 13.2 Å². The van der Waals surface area contributed by atoms with Crippen LogP contribution in [0.5, 0.6) is 0 Å². The molecule has 2 saturated heterocycles. The van der Waals surface area contributed by atoms with Gasteiger partial charge in [-0.1, -0.05) is 23.8 Å². The van der Waals surface area contributed by atoms with Gasteiger partial charge in [0.15, 0.2) is 5.13 Å². The molecule has 3 heterocycles. The third-order valence-electron chi connectivity index (χ3n) is 7.31. The van der Waals surface area contributed by atoms with E-state index in [4.69, 9.17) is 9.72 Å². The van der Waals surface area contributed by atoms with Gasteiger partial charge in [-0.3, -0.25) is 14.6 Å². The van der Waals surface area contributed by atoms with Crippen molar-refractivity contribution >= 4 is 42.6 Å². The summed E-state index contributed by atoms with van der Waals surface area (Å²) in [5.74, 6) is -0.165. The van der Waals surface area contributed by atoms with Crippen LogP contribution in [0.1, 0.15) is 47.2 Å². The van der Waals surface area contributed by atoms with Crippen LogP contribution >= 0.6 is 11.3 Å². The van der Waals surface area contributed by atoms with E-state index in [-0.39, 0.29) is 10.8 Å². The minimum atomic E-state index is -3.55. The van der Waals surface area contributed by atoms with Crippen LogP contribution in [-0.2, 0) is 14.8 Å². The average molecular weight is 557 g/mol. The highest BCUT2D eigenvalue weighted by molar-refractivity contribution is 7.89. The second-order valence-electron chi connectivity index (χ2n) is 10.2. The Bertz CT molecular complexity index is 1380. The average Bonchev–Trinajstić information content (AvgIpc) is 3.36. The second-order valence-corrected chi connectivity index (χ2v) is 13.1. The zero-order valence-corrected chi connectivity index (χ0v) is 23.8. The molecule has 38 heavy (non-hydrogen) atoms. The topological polar surface area (TPSA) is 83.0 Å². The van der Waals surface area contributed by atoms with Crippen LogP contribution in [0.15, 0.2) is 41.3 Å². The van der Waals surface area contributed by atoms with E-state index < -0.39 is 10.0 Å². The number of hydrogen-bond donors (Lipinski definition) is 0. The zero-order chi connectivity index (χ0) is 26.7. The number of fused-ring (bicyclic) bond motifs is 1. The van der Waals surface area contributed by atoms with Crippen LogP contribution in [0.2, 0.25) is 0 Å². The fraction of sp³-hybridized carbons (Fsp3) is 0.500.